The van der Waals surface area contributed by atoms with Crippen molar-refractivity contribution in [2.75, 3.05) is 0 Å². The van der Waals surface area contributed by atoms with Crippen LogP contribution in [0, 0.1) is 0 Å². The minimum absolute atomic E-state index is 0.0592. The number of hydrogen-bond acceptors (Lipinski definition) is 2. The lowest BCUT2D eigenvalue weighted by molar-refractivity contribution is 0.471. The predicted octanol–water partition coefficient (Wildman–Crippen LogP) is 7.03. The summed E-state index contributed by atoms with van der Waals surface area (Å²) in [6.07, 6.45) is 0. The first-order valence-corrected chi connectivity index (χ1v) is 8.40. The predicted molar refractivity (Wildman–Crippen MR) is 94.3 cm³/mol. The van der Waals surface area contributed by atoms with Crippen molar-refractivity contribution in [2.45, 2.75) is 0 Å². The number of hydrogen-bond donors (Lipinski definition) is 2. The van der Waals surface area contributed by atoms with Gasteiger partial charge in [-0.25, -0.2) is 0 Å². The fourth-order valence-corrected chi connectivity index (χ4v) is 2.89. The monoisotopic (exact) mass is 524 g/mol. The van der Waals surface area contributed by atoms with Crippen LogP contribution >= 0.6 is 82.6 Å². The zero-order chi connectivity index (χ0) is 15.4. The van der Waals surface area contributed by atoms with Gasteiger partial charge < -0.3 is 10.2 Å². The Morgan fingerprint density at radius 2 is 1.10 bits per heavy atom. The van der Waals surface area contributed by atoms with Gasteiger partial charge in [-0.1, -0.05) is 34.8 Å². The third-order valence-corrected chi connectivity index (χ3v) is 5.48. The van der Waals surface area contributed by atoms with Crippen LogP contribution in [0.2, 0.25) is 15.1 Å². The van der Waals surface area contributed by atoms with E-state index in [-0.39, 0.29) is 16.5 Å². The van der Waals surface area contributed by atoms with Gasteiger partial charge in [-0.2, -0.15) is 0 Å². The van der Waals surface area contributed by atoms with Gasteiger partial charge in [-0.3, -0.25) is 0 Å². The van der Waals surface area contributed by atoms with Crippen LogP contribution in [0.4, 0.5) is 0 Å². The molecule has 0 spiro atoms. The number of phenols is 2. The Morgan fingerprint density at radius 3 is 1.60 bits per heavy atom. The van der Waals surface area contributed by atoms with E-state index in [1.54, 1.807) is 12.1 Å². The molecule has 0 saturated carbocycles. The molecular formula is C12H6Br3Cl3O2. The second-order valence-electron chi connectivity index (χ2n) is 3.44. The van der Waals surface area contributed by atoms with E-state index < -0.39 is 0 Å². The third-order valence-electron chi connectivity index (χ3n) is 1.98. The number of phenolic OH excluding ortho intramolecular Hbond substituents is 2. The van der Waals surface area contributed by atoms with Crippen molar-refractivity contribution in [1.29, 1.82) is 0 Å². The Labute approximate surface area is 156 Å². The first kappa shape index (κ1) is 18.4. The van der Waals surface area contributed by atoms with Crippen LogP contribution in [0.25, 0.3) is 0 Å². The molecule has 0 heterocycles. The Morgan fingerprint density at radius 1 is 0.600 bits per heavy atom. The first-order chi connectivity index (χ1) is 9.22. The topological polar surface area (TPSA) is 40.5 Å². The summed E-state index contributed by atoms with van der Waals surface area (Å²) in [6.45, 7) is 0. The van der Waals surface area contributed by atoms with Crippen LogP contribution in [-0.4, -0.2) is 10.2 Å². The highest BCUT2D eigenvalue weighted by Crippen LogP contribution is 2.33. The molecule has 2 aromatic rings. The minimum atomic E-state index is -0.0592. The lowest BCUT2D eigenvalue weighted by atomic mass is 10.3. The second kappa shape index (κ2) is 8.11. The Balaban J connectivity index is 0.000000200. The van der Waals surface area contributed by atoms with Crippen LogP contribution in [0.1, 0.15) is 0 Å². The number of aromatic hydroxyl groups is 2. The highest BCUT2D eigenvalue weighted by molar-refractivity contribution is 9.13. The quantitative estimate of drug-likeness (QED) is 0.361. The van der Waals surface area contributed by atoms with Crippen molar-refractivity contribution in [3.63, 3.8) is 0 Å². The van der Waals surface area contributed by atoms with Crippen molar-refractivity contribution < 1.29 is 10.2 Å². The molecule has 20 heavy (non-hydrogen) atoms. The molecule has 0 aliphatic carbocycles. The average molecular weight is 528 g/mol. The molecule has 0 aromatic heterocycles. The molecule has 0 radical (unpaired) electrons. The number of halogens is 6. The number of rotatable bonds is 0. The standard InChI is InChI=1S/C6H3Br3O.C6H3Cl3O/c2*7-3-1-5(9)6(10)2-4(3)8/h2*1-2,10H. The molecule has 2 N–H and O–H groups in total. The van der Waals surface area contributed by atoms with Crippen molar-refractivity contribution >= 4 is 82.6 Å². The molecule has 0 amide bonds. The molecule has 0 saturated heterocycles. The molecule has 0 aliphatic rings. The van der Waals surface area contributed by atoms with Crippen LogP contribution in [0.15, 0.2) is 37.7 Å². The summed E-state index contributed by atoms with van der Waals surface area (Å²) in [5.41, 5.74) is 0. The van der Waals surface area contributed by atoms with E-state index in [4.69, 9.17) is 45.0 Å². The van der Waals surface area contributed by atoms with E-state index in [0.29, 0.717) is 14.5 Å². The lowest BCUT2D eigenvalue weighted by Crippen LogP contribution is -1.71. The van der Waals surface area contributed by atoms with E-state index in [2.05, 4.69) is 47.8 Å². The average Bonchev–Trinajstić information content (AvgIpc) is 2.35. The minimum Gasteiger partial charge on any atom is -0.507 e. The summed E-state index contributed by atoms with van der Waals surface area (Å²) in [4.78, 5) is 0. The third kappa shape index (κ3) is 5.28. The largest absolute Gasteiger partial charge is 0.507 e. The van der Waals surface area contributed by atoms with Crippen LogP contribution in [0.5, 0.6) is 11.5 Å². The summed E-state index contributed by atoms with van der Waals surface area (Å²) in [5.74, 6) is 0.172. The summed E-state index contributed by atoms with van der Waals surface area (Å²) in [7, 11) is 0. The number of benzene rings is 2. The van der Waals surface area contributed by atoms with E-state index >= 15 is 0 Å². The molecule has 0 unspecified atom stereocenters. The maximum atomic E-state index is 9.13. The van der Waals surface area contributed by atoms with Gasteiger partial charge in [0, 0.05) is 15.0 Å². The van der Waals surface area contributed by atoms with Gasteiger partial charge in [0.25, 0.3) is 0 Å². The molecule has 0 atom stereocenters. The first-order valence-electron chi connectivity index (χ1n) is 4.89. The van der Waals surface area contributed by atoms with Gasteiger partial charge in [0.1, 0.15) is 11.5 Å². The molecule has 0 aliphatic heterocycles. The molecule has 2 rings (SSSR count). The smallest absolute Gasteiger partial charge is 0.135 e. The Bertz CT molecular complexity index is 480. The van der Waals surface area contributed by atoms with E-state index in [0.717, 1.165) is 8.95 Å². The molecular weight excluding hydrogens is 522 g/mol. The van der Waals surface area contributed by atoms with Gasteiger partial charge in [-0.15, -0.1) is 0 Å². The lowest BCUT2D eigenvalue weighted by Gasteiger charge is -1.98. The molecule has 108 valence electrons. The van der Waals surface area contributed by atoms with E-state index in [1.807, 2.05) is 0 Å². The highest BCUT2D eigenvalue weighted by atomic mass is 79.9. The molecule has 0 bridgehead atoms. The summed E-state index contributed by atoms with van der Waals surface area (Å²) in [6, 6.07) is 6.08. The maximum Gasteiger partial charge on any atom is 0.135 e. The van der Waals surface area contributed by atoms with Crippen molar-refractivity contribution in [3.8, 4) is 11.5 Å². The van der Waals surface area contributed by atoms with E-state index in [1.165, 1.54) is 12.1 Å². The molecule has 8 heteroatoms. The Hall–Kier alpha value is 0.350. The van der Waals surface area contributed by atoms with Crippen molar-refractivity contribution in [3.05, 3.63) is 52.8 Å². The highest BCUT2D eigenvalue weighted by Gasteiger charge is 2.03. The SMILES string of the molecule is Oc1cc(Br)c(Br)cc1Br.Oc1cc(Cl)c(Cl)cc1Cl. The molecule has 2 aromatic carbocycles. The fraction of sp³-hybridized carbons (Fsp3) is 0. The van der Waals surface area contributed by atoms with Crippen molar-refractivity contribution in [2.24, 2.45) is 0 Å². The fourth-order valence-electron chi connectivity index (χ4n) is 1.02. The van der Waals surface area contributed by atoms with Crippen molar-refractivity contribution in [1.82, 2.24) is 0 Å². The second-order valence-corrected chi connectivity index (χ2v) is 7.22. The summed E-state index contributed by atoms with van der Waals surface area (Å²) in [5, 5.41) is 18.9. The van der Waals surface area contributed by atoms with Gasteiger partial charge >= 0.3 is 0 Å². The van der Waals surface area contributed by atoms with Crippen LogP contribution in [0.3, 0.4) is 0 Å². The zero-order valence-corrected chi connectivity index (χ0v) is 16.5. The normalized spacial score (nSPS) is 9.90. The van der Waals surface area contributed by atoms with Crippen LogP contribution in [-0.2, 0) is 0 Å². The van der Waals surface area contributed by atoms with Gasteiger partial charge in [0.05, 0.1) is 19.5 Å². The zero-order valence-electron chi connectivity index (χ0n) is 9.47. The summed E-state index contributed by atoms with van der Waals surface area (Å²) < 4.78 is 2.44. The van der Waals surface area contributed by atoms with Gasteiger partial charge in [0.15, 0.2) is 0 Å². The molecule has 0 fully saturated rings. The van der Waals surface area contributed by atoms with Crippen LogP contribution < -0.4 is 0 Å². The van der Waals surface area contributed by atoms with E-state index in [9.17, 15) is 0 Å². The Kier molecular flexibility index (Phi) is 7.46. The maximum absolute atomic E-state index is 9.13. The van der Waals surface area contributed by atoms with Gasteiger partial charge in [-0.05, 0) is 66.0 Å². The summed E-state index contributed by atoms with van der Waals surface area (Å²) >= 11 is 26.3. The molecule has 2 nitrogen and oxygen atoms in total. The van der Waals surface area contributed by atoms with Gasteiger partial charge in [0.2, 0.25) is 0 Å².